The van der Waals surface area contributed by atoms with Crippen LogP contribution in [0, 0.1) is 0 Å². The average molecular weight is 457 g/mol. The number of carbonyl (C=O) groups is 1. The van der Waals surface area contributed by atoms with E-state index in [9.17, 15) is 4.79 Å². The SMILES string of the molecule is CCNC(=NCCCNC(=O)OC(C)(C)C)NCCN(C)CC.I. The minimum absolute atomic E-state index is 0. The van der Waals surface area contributed by atoms with E-state index >= 15 is 0 Å². The number of hydrogen-bond donors (Lipinski definition) is 3. The number of rotatable bonds is 9. The molecule has 0 unspecified atom stereocenters. The van der Waals surface area contributed by atoms with Gasteiger partial charge in [0.1, 0.15) is 5.60 Å². The minimum Gasteiger partial charge on any atom is -0.444 e. The van der Waals surface area contributed by atoms with Gasteiger partial charge in [-0.15, -0.1) is 24.0 Å². The molecule has 0 aromatic heterocycles. The Morgan fingerprint density at radius 1 is 1.12 bits per heavy atom. The first kappa shape index (κ1) is 25.5. The number of amides is 1. The monoisotopic (exact) mass is 457 g/mol. The van der Waals surface area contributed by atoms with E-state index in [2.05, 4.69) is 39.8 Å². The number of ether oxygens (including phenoxy) is 1. The number of alkyl carbamates (subject to hydrolysis) is 1. The van der Waals surface area contributed by atoms with Crippen molar-refractivity contribution in [3.8, 4) is 0 Å². The second-order valence-electron chi connectivity index (χ2n) is 6.37. The van der Waals surface area contributed by atoms with E-state index < -0.39 is 5.60 Å². The summed E-state index contributed by atoms with van der Waals surface area (Å²) >= 11 is 0. The molecule has 0 atom stereocenters. The van der Waals surface area contributed by atoms with Crippen molar-refractivity contribution < 1.29 is 9.53 Å². The Bertz CT molecular complexity index is 359. The van der Waals surface area contributed by atoms with E-state index in [4.69, 9.17) is 4.74 Å². The van der Waals surface area contributed by atoms with Crippen molar-refractivity contribution in [2.24, 2.45) is 4.99 Å². The number of nitrogens with one attached hydrogen (secondary N) is 3. The van der Waals surface area contributed by atoms with E-state index in [0.29, 0.717) is 13.1 Å². The Morgan fingerprint density at radius 3 is 2.33 bits per heavy atom. The zero-order valence-corrected chi connectivity index (χ0v) is 18.4. The van der Waals surface area contributed by atoms with Crippen molar-refractivity contribution in [3.05, 3.63) is 0 Å². The molecular formula is C16H36IN5O2. The summed E-state index contributed by atoms with van der Waals surface area (Å²) in [5.74, 6) is 0.814. The average Bonchev–Trinajstić information content (AvgIpc) is 2.44. The largest absolute Gasteiger partial charge is 0.444 e. The summed E-state index contributed by atoms with van der Waals surface area (Å²) in [6, 6.07) is 0. The normalized spacial score (nSPS) is 11.7. The molecule has 3 N–H and O–H groups in total. The van der Waals surface area contributed by atoms with Gasteiger partial charge in [0.15, 0.2) is 5.96 Å². The summed E-state index contributed by atoms with van der Waals surface area (Å²) in [7, 11) is 2.09. The van der Waals surface area contributed by atoms with Gasteiger partial charge in [-0.1, -0.05) is 6.92 Å². The van der Waals surface area contributed by atoms with Gasteiger partial charge in [-0.05, 0) is 47.7 Å². The van der Waals surface area contributed by atoms with Gasteiger partial charge in [0.25, 0.3) is 0 Å². The van der Waals surface area contributed by atoms with E-state index in [0.717, 1.165) is 38.6 Å². The van der Waals surface area contributed by atoms with Crippen molar-refractivity contribution in [1.29, 1.82) is 0 Å². The van der Waals surface area contributed by atoms with Crippen LogP contribution in [-0.4, -0.2) is 68.9 Å². The standard InChI is InChI=1S/C16H35N5O2.HI/c1-7-17-14(19-12-13-21(6)8-2)18-10-9-11-20-15(22)23-16(3,4)5;/h7-13H2,1-6H3,(H,20,22)(H2,17,18,19);1H. The molecule has 0 radical (unpaired) electrons. The lowest BCUT2D eigenvalue weighted by molar-refractivity contribution is 0.0527. The summed E-state index contributed by atoms with van der Waals surface area (Å²) in [6.07, 6.45) is 0.388. The minimum atomic E-state index is -0.462. The van der Waals surface area contributed by atoms with Gasteiger partial charge < -0.3 is 25.6 Å². The third-order valence-electron chi connectivity index (χ3n) is 2.94. The molecular weight excluding hydrogens is 421 g/mol. The third-order valence-corrected chi connectivity index (χ3v) is 2.94. The van der Waals surface area contributed by atoms with Crippen molar-refractivity contribution in [2.45, 2.75) is 46.6 Å². The smallest absolute Gasteiger partial charge is 0.407 e. The Labute approximate surface area is 164 Å². The van der Waals surface area contributed by atoms with Crippen LogP contribution >= 0.6 is 24.0 Å². The van der Waals surface area contributed by atoms with Crippen molar-refractivity contribution in [3.63, 3.8) is 0 Å². The van der Waals surface area contributed by atoms with Crippen LogP contribution in [0.3, 0.4) is 0 Å². The highest BCUT2D eigenvalue weighted by molar-refractivity contribution is 14.0. The second-order valence-corrected chi connectivity index (χ2v) is 6.37. The number of halogens is 1. The van der Waals surface area contributed by atoms with Crippen LogP contribution < -0.4 is 16.0 Å². The fraction of sp³-hybridized carbons (Fsp3) is 0.875. The zero-order valence-electron chi connectivity index (χ0n) is 16.1. The molecule has 0 aromatic carbocycles. The van der Waals surface area contributed by atoms with Gasteiger partial charge in [0.05, 0.1) is 0 Å². The first-order valence-corrected chi connectivity index (χ1v) is 8.46. The van der Waals surface area contributed by atoms with Crippen molar-refractivity contribution in [2.75, 3.05) is 46.3 Å². The van der Waals surface area contributed by atoms with E-state index in [1.807, 2.05) is 27.7 Å². The topological polar surface area (TPSA) is 78.0 Å². The molecule has 0 spiro atoms. The molecule has 0 aliphatic heterocycles. The predicted octanol–water partition coefficient (Wildman–Crippen LogP) is 2.03. The van der Waals surface area contributed by atoms with Gasteiger partial charge in [0.2, 0.25) is 0 Å². The van der Waals surface area contributed by atoms with E-state index in [1.54, 1.807) is 0 Å². The van der Waals surface area contributed by atoms with Crippen LogP contribution in [-0.2, 0) is 4.74 Å². The molecule has 7 nitrogen and oxygen atoms in total. The molecule has 0 bridgehead atoms. The Balaban J connectivity index is 0. The quantitative estimate of drug-likeness (QED) is 0.214. The number of nitrogens with zero attached hydrogens (tertiary/aromatic N) is 2. The third kappa shape index (κ3) is 16.1. The van der Waals surface area contributed by atoms with Crippen molar-refractivity contribution in [1.82, 2.24) is 20.9 Å². The van der Waals surface area contributed by atoms with Gasteiger partial charge in [-0.25, -0.2) is 4.79 Å². The first-order chi connectivity index (χ1) is 10.8. The fourth-order valence-corrected chi connectivity index (χ4v) is 1.64. The Morgan fingerprint density at radius 2 is 1.79 bits per heavy atom. The molecule has 1 amide bonds. The van der Waals surface area contributed by atoms with Crippen LogP contribution in [0.25, 0.3) is 0 Å². The summed E-state index contributed by atoms with van der Waals surface area (Å²) in [4.78, 5) is 18.2. The Kier molecular flexibility index (Phi) is 15.5. The van der Waals surface area contributed by atoms with Gasteiger partial charge in [-0.2, -0.15) is 0 Å². The van der Waals surface area contributed by atoms with Crippen LogP contribution in [0.4, 0.5) is 4.79 Å². The lowest BCUT2D eigenvalue weighted by atomic mass is 10.2. The van der Waals surface area contributed by atoms with Gasteiger partial charge in [-0.3, -0.25) is 4.99 Å². The summed E-state index contributed by atoms with van der Waals surface area (Å²) in [6.45, 7) is 14.6. The first-order valence-electron chi connectivity index (χ1n) is 8.46. The molecule has 0 saturated carbocycles. The molecule has 24 heavy (non-hydrogen) atoms. The van der Waals surface area contributed by atoms with Crippen LogP contribution in [0.5, 0.6) is 0 Å². The molecule has 144 valence electrons. The van der Waals surface area contributed by atoms with Crippen LogP contribution in [0.1, 0.15) is 41.0 Å². The number of likely N-dealkylation sites (N-methyl/N-ethyl adjacent to an activating group) is 1. The maximum atomic E-state index is 11.5. The summed E-state index contributed by atoms with van der Waals surface area (Å²) in [5.41, 5.74) is -0.462. The van der Waals surface area contributed by atoms with E-state index in [1.165, 1.54) is 0 Å². The molecule has 0 aliphatic rings. The number of guanidine groups is 1. The number of hydrogen-bond acceptors (Lipinski definition) is 4. The molecule has 0 heterocycles. The van der Waals surface area contributed by atoms with Crippen LogP contribution in [0.2, 0.25) is 0 Å². The highest BCUT2D eigenvalue weighted by atomic mass is 127. The van der Waals surface area contributed by atoms with Gasteiger partial charge in [0, 0.05) is 32.7 Å². The summed E-state index contributed by atoms with van der Waals surface area (Å²) in [5, 5.41) is 9.25. The molecule has 0 saturated heterocycles. The Hall–Kier alpha value is -0.770. The fourth-order valence-electron chi connectivity index (χ4n) is 1.64. The number of carbonyl (C=O) groups excluding carboxylic acids is 1. The highest BCUT2D eigenvalue weighted by Gasteiger charge is 2.15. The molecule has 8 heteroatoms. The lowest BCUT2D eigenvalue weighted by Gasteiger charge is -2.19. The lowest BCUT2D eigenvalue weighted by Crippen LogP contribution is -2.41. The van der Waals surface area contributed by atoms with Crippen LogP contribution in [0.15, 0.2) is 4.99 Å². The molecule has 0 aliphatic carbocycles. The maximum Gasteiger partial charge on any atom is 0.407 e. The van der Waals surface area contributed by atoms with Gasteiger partial charge >= 0.3 is 6.09 Å². The highest BCUT2D eigenvalue weighted by Crippen LogP contribution is 2.06. The molecule has 0 aromatic rings. The zero-order chi connectivity index (χ0) is 17.7. The van der Waals surface area contributed by atoms with E-state index in [-0.39, 0.29) is 30.1 Å². The molecule has 0 fully saturated rings. The molecule has 0 rings (SSSR count). The van der Waals surface area contributed by atoms with Crippen molar-refractivity contribution >= 4 is 36.0 Å². The number of aliphatic imine (C=N–C) groups is 1. The second kappa shape index (κ2) is 14.6. The maximum absolute atomic E-state index is 11.5. The predicted molar refractivity (Wildman–Crippen MR) is 111 cm³/mol. The summed E-state index contributed by atoms with van der Waals surface area (Å²) < 4.78 is 5.17.